The SMILES string of the molecule is Cc1ccc(NC(=S)Nc2cccc(C(F)(F)F)c2)cc1NS(C)(=O)=O. The first-order valence-electron chi connectivity index (χ1n) is 7.28. The number of nitrogens with one attached hydrogen (secondary N) is 3. The molecule has 140 valence electrons. The molecule has 0 aliphatic heterocycles. The fourth-order valence-electron chi connectivity index (χ4n) is 2.08. The molecule has 2 rings (SSSR count). The first kappa shape index (κ1) is 20.0. The Labute approximate surface area is 154 Å². The summed E-state index contributed by atoms with van der Waals surface area (Å²) in [4.78, 5) is 0. The van der Waals surface area contributed by atoms with E-state index in [1.165, 1.54) is 18.2 Å². The Kier molecular flexibility index (Phi) is 5.77. The van der Waals surface area contributed by atoms with Gasteiger partial charge in [-0.25, -0.2) is 8.42 Å². The van der Waals surface area contributed by atoms with Crippen LogP contribution in [0, 0.1) is 6.92 Å². The largest absolute Gasteiger partial charge is 0.416 e. The molecule has 0 saturated heterocycles. The van der Waals surface area contributed by atoms with E-state index in [0.717, 1.165) is 18.4 Å². The second kappa shape index (κ2) is 7.50. The average molecular weight is 403 g/mol. The van der Waals surface area contributed by atoms with Crippen molar-refractivity contribution in [3.8, 4) is 0 Å². The highest BCUT2D eigenvalue weighted by atomic mass is 32.2. The van der Waals surface area contributed by atoms with Crippen LogP contribution in [0.25, 0.3) is 0 Å². The second-order valence-electron chi connectivity index (χ2n) is 5.56. The first-order chi connectivity index (χ1) is 11.9. The van der Waals surface area contributed by atoms with Gasteiger partial charge in [-0.15, -0.1) is 0 Å². The molecule has 0 aliphatic carbocycles. The molecular weight excluding hydrogens is 387 g/mol. The molecule has 0 amide bonds. The number of hydrogen-bond acceptors (Lipinski definition) is 3. The Bertz CT molecular complexity index is 929. The van der Waals surface area contributed by atoms with Gasteiger partial charge in [0.25, 0.3) is 0 Å². The van der Waals surface area contributed by atoms with Crippen molar-refractivity contribution in [2.24, 2.45) is 0 Å². The van der Waals surface area contributed by atoms with E-state index in [0.29, 0.717) is 16.9 Å². The third-order valence-electron chi connectivity index (χ3n) is 3.24. The molecule has 0 unspecified atom stereocenters. The molecule has 10 heteroatoms. The predicted octanol–water partition coefficient (Wildman–Crippen LogP) is 4.19. The van der Waals surface area contributed by atoms with Crippen LogP contribution >= 0.6 is 12.2 Å². The minimum atomic E-state index is -4.45. The molecule has 3 N–H and O–H groups in total. The molecule has 0 bridgehead atoms. The third kappa shape index (κ3) is 5.88. The van der Waals surface area contributed by atoms with E-state index in [-0.39, 0.29) is 10.8 Å². The Morgan fingerprint density at radius 1 is 1.04 bits per heavy atom. The number of sulfonamides is 1. The standard InChI is InChI=1S/C16H16F3N3O2S2/c1-10-6-7-13(9-14(10)22-26(2,23)24)21-15(25)20-12-5-3-4-11(8-12)16(17,18)19/h3-9,22H,1-2H3,(H2,20,21,25). The summed E-state index contributed by atoms with van der Waals surface area (Å²) in [7, 11) is -3.44. The van der Waals surface area contributed by atoms with Gasteiger partial charge in [0.1, 0.15) is 0 Å². The lowest BCUT2D eigenvalue weighted by atomic mass is 10.2. The molecule has 0 saturated carbocycles. The zero-order chi connectivity index (χ0) is 19.5. The van der Waals surface area contributed by atoms with E-state index in [2.05, 4.69) is 15.4 Å². The third-order valence-corrected chi connectivity index (χ3v) is 4.03. The van der Waals surface area contributed by atoms with E-state index in [9.17, 15) is 21.6 Å². The van der Waals surface area contributed by atoms with Crippen molar-refractivity contribution in [2.45, 2.75) is 13.1 Å². The number of halogens is 3. The summed E-state index contributed by atoms with van der Waals surface area (Å²) >= 11 is 5.10. The minimum absolute atomic E-state index is 0.0680. The molecular formula is C16H16F3N3O2S2. The summed E-state index contributed by atoms with van der Waals surface area (Å²) in [6.45, 7) is 1.73. The zero-order valence-corrected chi connectivity index (χ0v) is 15.4. The topological polar surface area (TPSA) is 70.2 Å². The second-order valence-corrected chi connectivity index (χ2v) is 7.72. The van der Waals surface area contributed by atoms with Gasteiger partial charge in [-0.1, -0.05) is 12.1 Å². The van der Waals surface area contributed by atoms with Crippen LogP contribution in [-0.2, 0) is 16.2 Å². The molecule has 2 aromatic rings. The molecule has 0 radical (unpaired) electrons. The Morgan fingerprint density at radius 2 is 1.65 bits per heavy atom. The lowest BCUT2D eigenvalue weighted by Crippen LogP contribution is -2.20. The molecule has 26 heavy (non-hydrogen) atoms. The van der Waals surface area contributed by atoms with Crippen LogP contribution in [0.5, 0.6) is 0 Å². The van der Waals surface area contributed by atoms with Gasteiger partial charge in [-0.3, -0.25) is 4.72 Å². The number of benzene rings is 2. The summed E-state index contributed by atoms with van der Waals surface area (Å²) in [5, 5.41) is 5.54. The van der Waals surface area contributed by atoms with Gasteiger partial charge in [0.2, 0.25) is 10.0 Å². The number of hydrogen-bond donors (Lipinski definition) is 3. The van der Waals surface area contributed by atoms with Crippen LogP contribution in [0.15, 0.2) is 42.5 Å². The van der Waals surface area contributed by atoms with Crippen molar-refractivity contribution in [3.05, 3.63) is 53.6 Å². The average Bonchev–Trinajstić information content (AvgIpc) is 2.48. The van der Waals surface area contributed by atoms with Gasteiger partial charge in [-0.05, 0) is 55.0 Å². The van der Waals surface area contributed by atoms with Crippen LogP contribution in [0.1, 0.15) is 11.1 Å². The summed E-state index contributed by atoms with van der Waals surface area (Å²) in [5.74, 6) is 0. The molecule has 5 nitrogen and oxygen atoms in total. The number of thiocarbonyl (C=S) groups is 1. The maximum absolute atomic E-state index is 12.7. The Hall–Kier alpha value is -2.33. The van der Waals surface area contributed by atoms with Crippen LogP contribution in [0.4, 0.5) is 30.2 Å². The van der Waals surface area contributed by atoms with Gasteiger partial charge in [-0.2, -0.15) is 13.2 Å². The zero-order valence-electron chi connectivity index (χ0n) is 13.8. The Balaban J connectivity index is 2.12. The van der Waals surface area contributed by atoms with E-state index < -0.39 is 21.8 Å². The first-order valence-corrected chi connectivity index (χ1v) is 9.58. The van der Waals surface area contributed by atoms with Crippen molar-refractivity contribution in [1.29, 1.82) is 0 Å². The number of rotatable bonds is 4. The fraction of sp³-hybridized carbons (Fsp3) is 0.188. The lowest BCUT2D eigenvalue weighted by Gasteiger charge is -2.14. The molecule has 0 spiro atoms. The van der Waals surface area contributed by atoms with Gasteiger partial charge < -0.3 is 10.6 Å². The predicted molar refractivity (Wildman–Crippen MR) is 101 cm³/mol. The van der Waals surface area contributed by atoms with Crippen molar-refractivity contribution in [1.82, 2.24) is 0 Å². The smallest absolute Gasteiger partial charge is 0.332 e. The highest BCUT2D eigenvalue weighted by Crippen LogP contribution is 2.30. The maximum atomic E-state index is 12.7. The lowest BCUT2D eigenvalue weighted by molar-refractivity contribution is -0.137. The van der Waals surface area contributed by atoms with Crippen LogP contribution in [-0.4, -0.2) is 19.8 Å². The summed E-state index contributed by atoms with van der Waals surface area (Å²) < 4.78 is 63.4. The van der Waals surface area contributed by atoms with E-state index >= 15 is 0 Å². The van der Waals surface area contributed by atoms with Crippen molar-refractivity contribution in [3.63, 3.8) is 0 Å². The minimum Gasteiger partial charge on any atom is -0.332 e. The summed E-state index contributed by atoms with van der Waals surface area (Å²) in [5.41, 5.74) is 0.947. The van der Waals surface area contributed by atoms with Gasteiger partial charge >= 0.3 is 6.18 Å². The van der Waals surface area contributed by atoms with Crippen LogP contribution < -0.4 is 15.4 Å². The molecule has 2 aromatic carbocycles. The Morgan fingerprint density at radius 3 is 2.23 bits per heavy atom. The van der Waals surface area contributed by atoms with E-state index in [1.54, 1.807) is 19.1 Å². The molecule has 0 heterocycles. The van der Waals surface area contributed by atoms with Gasteiger partial charge in [0.15, 0.2) is 5.11 Å². The fourth-order valence-corrected chi connectivity index (χ4v) is 2.93. The van der Waals surface area contributed by atoms with Gasteiger partial charge in [0.05, 0.1) is 17.5 Å². The highest BCUT2D eigenvalue weighted by Gasteiger charge is 2.30. The molecule has 0 atom stereocenters. The maximum Gasteiger partial charge on any atom is 0.416 e. The van der Waals surface area contributed by atoms with Crippen molar-refractivity contribution in [2.75, 3.05) is 21.6 Å². The molecule has 0 aromatic heterocycles. The quantitative estimate of drug-likeness (QED) is 0.668. The normalized spacial score (nSPS) is 11.7. The number of aryl methyl sites for hydroxylation is 1. The molecule has 0 fully saturated rings. The monoisotopic (exact) mass is 403 g/mol. The van der Waals surface area contributed by atoms with Crippen molar-refractivity contribution >= 4 is 44.4 Å². The van der Waals surface area contributed by atoms with Crippen LogP contribution in [0.3, 0.4) is 0 Å². The number of anilines is 3. The summed E-state index contributed by atoms with van der Waals surface area (Å²) in [6.07, 6.45) is -3.41. The van der Waals surface area contributed by atoms with Gasteiger partial charge in [0, 0.05) is 11.4 Å². The van der Waals surface area contributed by atoms with E-state index in [1.807, 2.05) is 0 Å². The highest BCUT2D eigenvalue weighted by molar-refractivity contribution is 7.92. The summed E-state index contributed by atoms with van der Waals surface area (Å²) in [6, 6.07) is 9.52. The molecule has 0 aliphatic rings. The number of alkyl halides is 3. The van der Waals surface area contributed by atoms with Crippen molar-refractivity contribution < 1.29 is 21.6 Å². The van der Waals surface area contributed by atoms with E-state index in [4.69, 9.17) is 12.2 Å². The van der Waals surface area contributed by atoms with Crippen LogP contribution in [0.2, 0.25) is 0 Å².